The van der Waals surface area contributed by atoms with Crippen LogP contribution in [-0.4, -0.2) is 19.7 Å². The predicted octanol–water partition coefficient (Wildman–Crippen LogP) is 3.32. The zero-order valence-electron chi connectivity index (χ0n) is 10.5. The van der Waals surface area contributed by atoms with Crippen molar-refractivity contribution in [3.63, 3.8) is 0 Å². The summed E-state index contributed by atoms with van der Waals surface area (Å²) in [6, 6.07) is 4.25. The van der Waals surface area contributed by atoms with Crippen molar-refractivity contribution in [2.45, 2.75) is 12.5 Å². The Morgan fingerprint density at radius 1 is 1.63 bits per heavy atom. The van der Waals surface area contributed by atoms with Gasteiger partial charge in [-0.15, -0.1) is 12.4 Å². The van der Waals surface area contributed by atoms with Crippen LogP contribution in [0.15, 0.2) is 24.8 Å². The second kappa shape index (κ2) is 8.76. The van der Waals surface area contributed by atoms with Gasteiger partial charge in [0.2, 0.25) is 0 Å². The zero-order valence-corrected chi connectivity index (χ0v) is 12.0. The van der Waals surface area contributed by atoms with Crippen LogP contribution >= 0.6 is 24.0 Å². The molecule has 1 N–H and O–H groups in total. The third-order valence-electron chi connectivity index (χ3n) is 2.36. The summed E-state index contributed by atoms with van der Waals surface area (Å²) in [5, 5.41) is 11.8. The molecule has 0 saturated carbocycles. The molecule has 3 nitrogen and oxygen atoms in total. The van der Waals surface area contributed by atoms with E-state index in [2.05, 4.69) is 11.9 Å². The Bertz CT molecular complexity index is 474. The molecule has 1 unspecified atom stereocenters. The van der Waals surface area contributed by atoms with Crippen molar-refractivity contribution in [1.29, 1.82) is 5.26 Å². The molecule has 0 fully saturated rings. The minimum atomic E-state index is -0.633. The summed E-state index contributed by atoms with van der Waals surface area (Å²) in [6.45, 7) is 4.41. The first kappa shape index (κ1) is 17.7. The Labute approximate surface area is 123 Å². The highest BCUT2D eigenvalue weighted by atomic mass is 35.5. The summed E-state index contributed by atoms with van der Waals surface area (Å²) in [5.74, 6) is -0.365. The summed E-state index contributed by atoms with van der Waals surface area (Å²) in [6.07, 6.45) is 2.07. The summed E-state index contributed by atoms with van der Waals surface area (Å²) in [7, 11) is 1.83. The largest absolute Gasteiger partial charge is 0.485 e. The second-order valence-electron chi connectivity index (χ2n) is 3.66. The molecule has 104 valence electrons. The van der Waals surface area contributed by atoms with Crippen molar-refractivity contribution in [2.24, 2.45) is 0 Å². The van der Waals surface area contributed by atoms with E-state index < -0.39 is 5.82 Å². The van der Waals surface area contributed by atoms with Crippen LogP contribution in [0.25, 0.3) is 0 Å². The Morgan fingerprint density at radius 2 is 2.32 bits per heavy atom. The average molecular weight is 305 g/mol. The third-order valence-corrected chi connectivity index (χ3v) is 2.65. The van der Waals surface area contributed by atoms with E-state index in [-0.39, 0.29) is 34.8 Å². The lowest BCUT2D eigenvalue weighted by Gasteiger charge is -2.16. The zero-order chi connectivity index (χ0) is 13.5. The van der Waals surface area contributed by atoms with E-state index in [1.165, 1.54) is 6.07 Å². The van der Waals surface area contributed by atoms with Gasteiger partial charge >= 0.3 is 0 Å². The van der Waals surface area contributed by atoms with Crippen molar-refractivity contribution in [2.75, 3.05) is 13.6 Å². The molecule has 6 heteroatoms. The maximum absolute atomic E-state index is 13.2. The molecule has 0 aliphatic heterocycles. The average Bonchev–Trinajstić information content (AvgIpc) is 2.38. The quantitative estimate of drug-likeness (QED) is 0.820. The minimum absolute atomic E-state index is 0. The molecule has 0 saturated heterocycles. The topological polar surface area (TPSA) is 45.0 Å². The number of nitriles is 1. The van der Waals surface area contributed by atoms with Gasteiger partial charge in [-0.2, -0.15) is 5.26 Å². The van der Waals surface area contributed by atoms with Crippen molar-refractivity contribution in [1.82, 2.24) is 5.32 Å². The smallest absolute Gasteiger partial charge is 0.143 e. The highest BCUT2D eigenvalue weighted by molar-refractivity contribution is 6.30. The van der Waals surface area contributed by atoms with Crippen molar-refractivity contribution >= 4 is 24.0 Å². The number of nitrogens with one attached hydrogen (secondary N) is 1. The maximum atomic E-state index is 13.2. The summed E-state index contributed by atoms with van der Waals surface area (Å²) in [4.78, 5) is 0. The molecular weight excluding hydrogens is 290 g/mol. The first-order chi connectivity index (χ1) is 8.62. The van der Waals surface area contributed by atoms with E-state index in [1.807, 2.05) is 13.1 Å². The van der Waals surface area contributed by atoms with Gasteiger partial charge < -0.3 is 10.1 Å². The van der Waals surface area contributed by atoms with Gasteiger partial charge in [0.1, 0.15) is 23.7 Å². The van der Waals surface area contributed by atoms with Crippen LogP contribution < -0.4 is 10.1 Å². The van der Waals surface area contributed by atoms with Crippen molar-refractivity contribution in [3.8, 4) is 11.8 Å². The molecule has 0 radical (unpaired) electrons. The van der Waals surface area contributed by atoms with Crippen LogP contribution in [-0.2, 0) is 0 Å². The van der Waals surface area contributed by atoms with E-state index >= 15 is 0 Å². The molecule has 0 heterocycles. The number of benzene rings is 1. The van der Waals surface area contributed by atoms with Gasteiger partial charge in [0, 0.05) is 12.5 Å². The lowest BCUT2D eigenvalue weighted by atomic mass is 10.2. The molecule has 0 aromatic heterocycles. The molecule has 0 aliphatic carbocycles. The van der Waals surface area contributed by atoms with E-state index in [0.717, 1.165) is 12.6 Å². The van der Waals surface area contributed by atoms with Gasteiger partial charge in [0.25, 0.3) is 0 Å². The van der Waals surface area contributed by atoms with Crippen LogP contribution in [0.2, 0.25) is 5.02 Å². The molecule has 1 rings (SSSR count). The standard InChI is InChI=1S/C13H14ClFN2O.ClH/c1-3-10(4-5-17-2)18-13-7-11(14)12(15)6-9(13)8-16;/h3,6-7,10,17H,1,4-5H2,2H3;1H. The molecular formula is C13H15Cl2FN2O. The molecule has 0 spiro atoms. The summed E-state index contributed by atoms with van der Waals surface area (Å²) >= 11 is 5.67. The number of hydrogen-bond donors (Lipinski definition) is 1. The molecule has 0 aliphatic rings. The van der Waals surface area contributed by atoms with E-state index in [4.69, 9.17) is 21.6 Å². The van der Waals surface area contributed by atoms with E-state index in [1.54, 1.807) is 6.08 Å². The fourth-order valence-corrected chi connectivity index (χ4v) is 1.54. The van der Waals surface area contributed by atoms with E-state index in [0.29, 0.717) is 6.42 Å². The van der Waals surface area contributed by atoms with Crippen molar-refractivity contribution < 1.29 is 9.13 Å². The van der Waals surface area contributed by atoms with Gasteiger partial charge in [-0.1, -0.05) is 24.3 Å². The Morgan fingerprint density at radius 3 is 2.84 bits per heavy atom. The molecule has 19 heavy (non-hydrogen) atoms. The third kappa shape index (κ3) is 5.07. The molecule has 1 aromatic carbocycles. The summed E-state index contributed by atoms with van der Waals surface area (Å²) in [5.41, 5.74) is 0.119. The number of hydrogen-bond acceptors (Lipinski definition) is 3. The van der Waals surface area contributed by atoms with E-state index in [9.17, 15) is 4.39 Å². The Kier molecular flexibility index (Phi) is 8.17. The molecule has 1 aromatic rings. The molecule has 1 atom stereocenters. The highest BCUT2D eigenvalue weighted by Crippen LogP contribution is 2.27. The van der Waals surface area contributed by atoms with Crippen LogP contribution in [0.4, 0.5) is 4.39 Å². The maximum Gasteiger partial charge on any atom is 0.143 e. The Hall–Kier alpha value is -1.28. The van der Waals surface area contributed by atoms with Crippen molar-refractivity contribution in [3.05, 3.63) is 41.2 Å². The number of halogens is 3. The number of nitrogens with zero attached hydrogens (tertiary/aromatic N) is 1. The summed E-state index contributed by atoms with van der Waals surface area (Å²) < 4.78 is 18.8. The first-order valence-electron chi connectivity index (χ1n) is 5.45. The minimum Gasteiger partial charge on any atom is -0.485 e. The highest BCUT2D eigenvalue weighted by Gasteiger charge is 2.13. The van der Waals surface area contributed by atoms with Crippen LogP contribution in [0, 0.1) is 17.1 Å². The fraction of sp³-hybridized carbons (Fsp3) is 0.308. The van der Waals surface area contributed by atoms with Gasteiger partial charge in [-0.25, -0.2) is 4.39 Å². The predicted molar refractivity (Wildman–Crippen MR) is 76.5 cm³/mol. The lowest BCUT2D eigenvalue weighted by molar-refractivity contribution is 0.237. The van der Waals surface area contributed by atoms with Crippen LogP contribution in [0.3, 0.4) is 0 Å². The lowest BCUT2D eigenvalue weighted by Crippen LogP contribution is -2.20. The molecule has 0 amide bonds. The van der Waals surface area contributed by atoms with Crippen LogP contribution in [0.1, 0.15) is 12.0 Å². The van der Waals surface area contributed by atoms with Gasteiger partial charge in [-0.05, 0) is 19.7 Å². The normalized spacial score (nSPS) is 11.1. The first-order valence-corrected chi connectivity index (χ1v) is 5.83. The monoisotopic (exact) mass is 304 g/mol. The van der Waals surface area contributed by atoms with Gasteiger partial charge in [-0.3, -0.25) is 0 Å². The van der Waals surface area contributed by atoms with Crippen LogP contribution in [0.5, 0.6) is 5.75 Å². The SMILES string of the molecule is C=CC(CCNC)Oc1cc(Cl)c(F)cc1C#N.Cl. The molecule has 0 bridgehead atoms. The number of ether oxygens (including phenoxy) is 1. The fourth-order valence-electron chi connectivity index (χ4n) is 1.39. The Balaban J connectivity index is 0.00000324. The number of rotatable bonds is 6. The van der Waals surface area contributed by atoms with Gasteiger partial charge in [0.05, 0.1) is 10.6 Å². The van der Waals surface area contributed by atoms with Gasteiger partial charge in [0.15, 0.2) is 0 Å². The second-order valence-corrected chi connectivity index (χ2v) is 4.07.